The van der Waals surface area contributed by atoms with Crippen molar-refractivity contribution >= 4 is 17.3 Å². The van der Waals surface area contributed by atoms with E-state index in [0.29, 0.717) is 25.3 Å². The number of carboxylic acids is 1. The highest BCUT2D eigenvalue weighted by Crippen LogP contribution is 2.37. The lowest BCUT2D eigenvalue weighted by molar-refractivity contribution is -0.149. The monoisotopic (exact) mass is 416 g/mol. The molecule has 0 fully saturated rings. The van der Waals surface area contributed by atoms with Crippen LogP contribution in [0.3, 0.4) is 0 Å². The Hall–Kier alpha value is -2.80. The summed E-state index contributed by atoms with van der Waals surface area (Å²) in [5.74, 6) is -2.08. The van der Waals surface area contributed by atoms with Crippen molar-refractivity contribution in [3.05, 3.63) is 54.1 Å². The highest BCUT2D eigenvalue weighted by Gasteiger charge is 2.35. The van der Waals surface area contributed by atoms with Gasteiger partial charge in [-0.25, -0.2) is 4.79 Å². The Morgan fingerprint density at radius 1 is 1.30 bits per heavy atom. The average molecular weight is 416 g/mol. The molecule has 2 atom stereocenters. The van der Waals surface area contributed by atoms with Crippen molar-refractivity contribution < 1.29 is 23.8 Å². The fourth-order valence-corrected chi connectivity index (χ4v) is 3.59. The van der Waals surface area contributed by atoms with Crippen LogP contribution in [0.2, 0.25) is 0 Å². The zero-order valence-electron chi connectivity index (χ0n) is 17.4. The first-order chi connectivity index (χ1) is 14.4. The van der Waals surface area contributed by atoms with Gasteiger partial charge in [-0.15, -0.1) is 0 Å². The first kappa shape index (κ1) is 21.9. The van der Waals surface area contributed by atoms with Crippen molar-refractivity contribution in [1.29, 1.82) is 0 Å². The van der Waals surface area contributed by atoms with Crippen molar-refractivity contribution in [1.82, 2.24) is 0 Å². The Balaban J connectivity index is 1.48. The maximum Gasteiger partial charge on any atom is 0.333 e. The highest BCUT2D eigenvalue weighted by molar-refractivity contribution is 5.72. The molecule has 0 saturated heterocycles. The SMILES string of the molecule is CCOC(Cc1ccc(NCCCN2CC(C)(F)Oc3ccccc32)cc1)C(=O)O. The van der Waals surface area contributed by atoms with Crippen LogP contribution in [0.5, 0.6) is 5.75 Å². The molecular weight excluding hydrogens is 387 g/mol. The quantitative estimate of drug-likeness (QED) is 0.568. The Bertz CT molecular complexity index is 841. The lowest BCUT2D eigenvalue weighted by atomic mass is 10.1. The fraction of sp³-hybridized carbons (Fsp3) is 0.435. The molecule has 1 heterocycles. The van der Waals surface area contributed by atoms with Gasteiger partial charge in [0.2, 0.25) is 0 Å². The molecule has 6 nitrogen and oxygen atoms in total. The topological polar surface area (TPSA) is 71.0 Å². The molecule has 30 heavy (non-hydrogen) atoms. The van der Waals surface area contributed by atoms with E-state index in [0.717, 1.165) is 29.9 Å². The van der Waals surface area contributed by atoms with E-state index in [1.807, 2.05) is 47.4 Å². The van der Waals surface area contributed by atoms with E-state index in [4.69, 9.17) is 9.47 Å². The first-order valence-corrected chi connectivity index (χ1v) is 10.3. The van der Waals surface area contributed by atoms with Crippen LogP contribution in [0.4, 0.5) is 15.8 Å². The van der Waals surface area contributed by atoms with Gasteiger partial charge in [-0.1, -0.05) is 24.3 Å². The summed E-state index contributed by atoms with van der Waals surface area (Å²) >= 11 is 0. The van der Waals surface area contributed by atoms with Crippen LogP contribution in [0.1, 0.15) is 25.8 Å². The molecule has 0 bridgehead atoms. The van der Waals surface area contributed by atoms with Crippen molar-refractivity contribution in [2.75, 3.05) is 36.5 Å². The average Bonchev–Trinajstić information content (AvgIpc) is 2.71. The van der Waals surface area contributed by atoms with Gasteiger partial charge in [0.05, 0.1) is 12.2 Å². The zero-order chi connectivity index (χ0) is 21.6. The Morgan fingerprint density at radius 2 is 2.03 bits per heavy atom. The van der Waals surface area contributed by atoms with Crippen molar-refractivity contribution in [2.24, 2.45) is 0 Å². The third-order valence-electron chi connectivity index (χ3n) is 4.95. The molecule has 0 radical (unpaired) electrons. The molecule has 2 unspecified atom stereocenters. The molecule has 0 amide bonds. The molecule has 1 aliphatic rings. The summed E-state index contributed by atoms with van der Waals surface area (Å²) in [6.45, 7) is 5.25. The first-order valence-electron chi connectivity index (χ1n) is 10.3. The number of benzene rings is 2. The Morgan fingerprint density at radius 3 is 2.73 bits per heavy atom. The number of carboxylic acid groups (broad SMARTS) is 1. The van der Waals surface area contributed by atoms with Gasteiger partial charge in [-0.3, -0.25) is 0 Å². The van der Waals surface area contributed by atoms with Gasteiger partial charge in [0, 0.05) is 38.7 Å². The Labute approximate surface area is 176 Å². The smallest absolute Gasteiger partial charge is 0.333 e. The molecule has 2 N–H and O–H groups in total. The van der Waals surface area contributed by atoms with Gasteiger partial charge in [0.25, 0.3) is 5.85 Å². The number of nitrogens with one attached hydrogen (secondary N) is 1. The fourth-order valence-electron chi connectivity index (χ4n) is 3.59. The molecule has 0 aromatic heterocycles. The van der Waals surface area contributed by atoms with Gasteiger partial charge >= 0.3 is 5.97 Å². The number of hydrogen-bond acceptors (Lipinski definition) is 5. The summed E-state index contributed by atoms with van der Waals surface area (Å²) in [5.41, 5.74) is 2.78. The van der Waals surface area contributed by atoms with Crippen LogP contribution in [0, 0.1) is 0 Å². The van der Waals surface area contributed by atoms with E-state index >= 15 is 0 Å². The molecule has 162 valence electrons. The lowest BCUT2D eigenvalue weighted by Crippen LogP contribution is -2.46. The number of aliphatic carboxylic acids is 1. The van der Waals surface area contributed by atoms with Crippen molar-refractivity contribution in [3.63, 3.8) is 0 Å². The summed E-state index contributed by atoms with van der Waals surface area (Å²) in [7, 11) is 0. The predicted octanol–water partition coefficient (Wildman–Crippen LogP) is 4.11. The second kappa shape index (κ2) is 9.80. The minimum Gasteiger partial charge on any atom is -0.479 e. The second-order valence-electron chi connectivity index (χ2n) is 7.56. The third kappa shape index (κ3) is 5.86. The van der Waals surface area contributed by atoms with Crippen LogP contribution in [0.15, 0.2) is 48.5 Å². The summed E-state index contributed by atoms with van der Waals surface area (Å²) in [6.07, 6.45) is 0.339. The standard InChI is InChI=1S/C23H29FN2O4/c1-3-29-21(22(27)28)15-17-9-11-18(12-10-17)25-13-6-14-26-16-23(2,24)30-20-8-5-4-7-19(20)26/h4-5,7-12,21,25H,3,6,13-16H2,1-2H3,(H,27,28). The van der Waals surface area contributed by atoms with Gasteiger partial charge in [0.1, 0.15) is 5.75 Å². The number of ether oxygens (including phenoxy) is 2. The maximum atomic E-state index is 14.5. The minimum atomic E-state index is -1.70. The normalized spacial score (nSPS) is 19.0. The summed E-state index contributed by atoms with van der Waals surface area (Å²) in [6, 6.07) is 15.2. The number of fused-ring (bicyclic) bond motifs is 1. The molecule has 0 aliphatic carbocycles. The summed E-state index contributed by atoms with van der Waals surface area (Å²) in [4.78, 5) is 13.2. The largest absolute Gasteiger partial charge is 0.479 e. The molecular formula is C23H29FN2O4. The molecule has 2 aromatic carbocycles. The number of anilines is 2. The van der Waals surface area contributed by atoms with Gasteiger partial charge in [0.15, 0.2) is 6.10 Å². The molecule has 3 rings (SSSR count). The minimum absolute atomic E-state index is 0.198. The molecule has 0 saturated carbocycles. The molecule has 1 aliphatic heterocycles. The van der Waals surface area contributed by atoms with E-state index in [-0.39, 0.29) is 6.54 Å². The number of para-hydroxylation sites is 2. The highest BCUT2D eigenvalue weighted by atomic mass is 19.2. The third-order valence-corrected chi connectivity index (χ3v) is 4.95. The summed E-state index contributed by atoms with van der Waals surface area (Å²) in [5, 5.41) is 12.6. The lowest BCUT2D eigenvalue weighted by Gasteiger charge is -2.38. The summed E-state index contributed by atoms with van der Waals surface area (Å²) < 4.78 is 25.2. The van der Waals surface area contributed by atoms with Gasteiger partial charge in [-0.05, 0) is 43.2 Å². The van der Waals surface area contributed by atoms with Crippen molar-refractivity contribution in [2.45, 2.75) is 38.6 Å². The predicted molar refractivity (Wildman–Crippen MR) is 115 cm³/mol. The van der Waals surface area contributed by atoms with E-state index < -0.39 is 17.9 Å². The maximum absolute atomic E-state index is 14.5. The number of nitrogens with zero attached hydrogens (tertiary/aromatic N) is 1. The number of rotatable bonds is 10. The van der Waals surface area contributed by atoms with Crippen LogP contribution < -0.4 is 15.0 Å². The zero-order valence-corrected chi connectivity index (χ0v) is 17.4. The van der Waals surface area contributed by atoms with Crippen molar-refractivity contribution in [3.8, 4) is 5.75 Å². The second-order valence-corrected chi connectivity index (χ2v) is 7.56. The molecule has 2 aromatic rings. The van der Waals surface area contributed by atoms with E-state index in [1.54, 1.807) is 13.0 Å². The van der Waals surface area contributed by atoms with Gasteiger partial charge < -0.3 is 24.8 Å². The van der Waals surface area contributed by atoms with Crippen LogP contribution in [0.25, 0.3) is 0 Å². The number of alkyl halides is 1. The number of halogens is 1. The Kier molecular flexibility index (Phi) is 7.15. The van der Waals surface area contributed by atoms with Crippen LogP contribution in [-0.2, 0) is 16.0 Å². The molecule has 7 heteroatoms. The van der Waals surface area contributed by atoms with E-state index in [9.17, 15) is 14.3 Å². The molecule has 0 spiro atoms. The van der Waals surface area contributed by atoms with E-state index in [2.05, 4.69) is 5.32 Å². The van der Waals surface area contributed by atoms with Gasteiger partial charge in [-0.2, -0.15) is 4.39 Å². The van der Waals surface area contributed by atoms with Crippen LogP contribution in [-0.4, -0.2) is 49.3 Å². The van der Waals surface area contributed by atoms with E-state index in [1.165, 1.54) is 6.92 Å². The van der Waals surface area contributed by atoms with Crippen LogP contribution >= 0.6 is 0 Å². The number of carbonyl (C=O) groups is 1. The number of hydrogen-bond donors (Lipinski definition) is 2.